The van der Waals surface area contributed by atoms with Crippen LogP contribution in [-0.2, 0) is 0 Å². The molecule has 4 nitrogen and oxygen atoms in total. The van der Waals surface area contributed by atoms with E-state index < -0.39 is 0 Å². The van der Waals surface area contributed by atoms with Gasteiger partial charge in [-0.15, -0.1) is 0 Å². The van der Waals surface area contributed by atoms with Gasteiger partial charge in [-0.3, -0.25) is 0 Å². The van der Waals surface area contributed by atoms with Gasteiger partial charge in [0, 0.05) is 11.1 Å². The molecule has 21 heavy (non-hydrogen) atoms. The van der Waals surface area contributed by atoms with Gasteiger partial charge in [0.2, 0.25) is 0 Å². The van der Waals surface area contributed by atoms with Gasteiger partial charge in [-0.05, 0) is 11.1 Å². The Morgan fingerprint density at radius 3 is 1.33 bits per heavy atom. The first-order chi connectivity index (χ1) is 10.2. The Hall–Kier alpha value is -3.01. The zero-order valence-electron chi connectivity index (χ0n) is 11.5. The van der Waals surface area contributed by atoms with E-state index in [4.69, 9.17) is 17.2 Å². The van der Waals surface area contributed by atoms with Crippen LogP contribution in [0.15, 0.2) is 60.7 Å². The Bertz CT molecular complexity index is 704. The zero-order valence-corrected chi connectivity index (χ0v) is 11.5. The molecule has 104 valence electrons. The second-order valence-electron chi connectivity index (χ2n) is 4.78. The normalized spacial score (nSPS) is 10.5. The summed E-state index contributed by atoms with van der Waals surface area (Å²) in [5, 5.41) is 0. The number of hydrogen-bond donors (Lipinski definition) is 3. The SMILES string of the molecule is Nc1nc(N)c(-c2ccccc2)c(N)c1-c1ccccc1. The molecule has 0 unspecified atom stereocenters. The molecule has 1 heterocycles. The van der Waals surface area contributed by atoms with Crippen molar-refractivity contribution in [2.45, 2.75) is 0 Å². The van der Waals surface area contributed by atoms with Crippen LogP contribution in [0.5, 0.6) is 0 Å². The van der Waals surface area contributed by atoms with Gasteiger partial charge < -0.3 is 17.2 Å². The Labute approximate surface area is 123 Å². The van der Waals surface area contributed by atoms with Crippen LogP contribution in [0.25, 0.3) is 22.3 Å². The maximum Gasteiger partial charge on any atom is 0.135 e. The second kappa shape index (κ2) is 5.17. The van der Waals surface area contributed by atoms with Gasteiger partial charge in [0.05, 0.1) is 5.69 Å². The molecule has 0 bridgehead atoms. The minimum Gasteiger partial charge on any atom is -0.398 e. The molecule has 0 aliphatic heterocycles. The number of pyridine rings is 1. The van der Waals surface area contributed by atoms with Gasteiger partial charge in [0.1, 0.15) is 11.6 Å². The number of nitrogens with two attached hydrogens (primary N) is 3. The molecular formula is C17H16N4. The average molecular weight is 276 g/mol. The quantitative estimate of drug-likeness (QED) is 0.670. The summed E-state index contributed by atoms with van der Waals surface area (Å²) in [4.78, 5) is 4.26. The maximum absolute atomic E-state index is 6.35. The first-order valence-electron chi connectivity index (χ1n) is 6.63. The van der Waals surface area contributed by atoms with Crippen LogP contribution in [0, 0.1) is 0 Å². The summed E-state index contributed by atoms with van der Waals surface area (Å²) >= 11 is 0. The molecule has 0 saturated heterocycles. The van der Waals surface area contributed by atoms with Crippen molar-refractivity contribution in [2.75, 3.05) is 17.2 Å². The lowest BCUT2D eigenvalue weighted by Gasteiger charge is -2.15. The van der Waals surface area contributed by atoms with Crippen molar-refractivity contribution in [3.8, 4) is 22.3 Å². The van der Waals surface area contributed by atoms with Crippen molar-refractivity contribution in [3.05, 3.63) is 60.7 Å². The lowest BCUT2D eigenvalue weighted by Crippen LogP contribution is -2.06. The van der Waals surface area contributed by atoms with E-state index in [0.717, 1.165) is 22.3 Å². The van der Waals surface area contributed by atoms with E-state index in [-0.39, 0.29) is 0 Å². The summed E-state index contributed by atoms with van der Waals surface area (Å²) in [5.41, 5.74) is 22.3. The molecule has 6 N–H and O–H groups in total. The van der Waals surface area contributed by atoms with E-state index >= 15 is 0 Å². The van der Waals surface area contributed by atoms with Gasteiger partial charge in [0.25, 0.3) is 0 Å². The van der Waals surface area contributed by atoms with E-state index in [1.54, 1.807) is 0 Å². The molecule has 2 aromatic carbocycles. The largest absolute Gasteiger partial charge is 0.398 e. The van der Waals surface area contributed by atoms with Gasteiger partial charge in [-0.25, -0.2) is 4.98 Å². The predicted molar refractivity (Wildman–Crippen MR) is 88.3 cm³/mol. The van der Waals surface area contributed by atoms with Gasteiger partial charge in [-0.1, -0.05) is 60.7 Å². The number of anilines is 3. The third-order valence-electron chi connectivity index (χ3n) is 3.42. The highest BCUT2D eigenvalue weighted by Crippen LogP contribution is 2.40. The number of rotatable bonds is 2. The first kappa shape index (κ1) is 13.0. The fraction of sp³-hybridized carbons (Fsp3) is 0. The van der Waals surface area contributed by atoms with Gasteiger partial charge in [-0.2, -0.15) is 0 Å². The Balaban J connectivity index is 2.29. The van der Waals surface area contributed by atoms with Crippen LogP contribution >= 0.6 is 0 Å². The summed E-state index contributed by atoms with van der Waals surface area (Å²) in [6.45, 7) is 0. The van der Waals surface area contributed by atoms with Crippen molar-refractivity contribution in [1.29, 1.82) is 0 Å². The molecule has 1 aromatic heterocycles. The van der Waals surface area contributed by atoms with E-state index in [2.05, 4.69) is 4.98 Å². The predicted octanol–water partition coefficient (Wildman–Crippen LogP) is 3.16. The lowest BCUT2D eigenvalue weighted by atomic mass is 9.97. The number of benzene rings is 2. The standard InChI is InChI=1S/C17H16N4/c18-15-13(11-7-3-1-4-8-11)16(19)21-17(20)14(15)12-9-5-2-6-10-12/h1-10H,(H6,18,19,20,21). The fourth-order valence-corrected chi connectivity index (χ4v) is 2.46. The van der Waals surface area contributed by atoms with Crippen LogP contribution in [0.4, 0.5) is 17.3 Å². The molecule has 0 spiro atoms. The van der Waals surface area contributed by atoms with E-state index in [9.17, 15) is 0 Å². The highest BCUT2D eigenvalue weighted by atomic mass is 14.9. The van der Waals surface area contributed by atoms with Gasteiger partial charge in [0.15, 0.2) is 0 Å². The van der Waals surface area contributed by atoms with E-state index in [1.165, 1.54) is 0 Å². The van der Waals surface area contributed by atoms with Crippen molar-refractivity contribution >= 4 is 17.3 Å². The molecule has 0 radical (unpaired) electrons. The summed E-state index contributed by atoms with van der Waals surface area (Å²) in [6.07, 6.45) is 0. The third-order valence-corrected chi connectivity index (χ3v) is 3.42. The smallest absolute Gasteiger partial charge is 0.135 e. The molecule has 0 amide bonds. The molecule has 3 aromatic rings. The minimum atomic E-state index is 0.343. The van der Waals surface area contributed by atoms with E-state index in [1.807, 2.05) is 60.7 Å². The Kier molecular flexibility index (Phi) is 3.20. The van der Waals surface area contributed by atoms with Crippen molar-refractivity contribution in [3.63, 3.8) is 0 Å². The monoisotopic (exact) mass is 276 g/mol. The number of aromatic nitrogens is 1. The van der Waals surface area contributed by atoms with Crippen molar-refractivity contribution in [1.82, 2.24) is 4.98 Å². The lowest BCUT2D eigenvalue weighted by molar-refractivity contribution is 1.34. The molecule has 0 aliphatic rings. The highest BCUT2D eigenvalue weighted by molar-refractivity contribution is 5.98. The van der Waals surface area contributed by atoms with E-state index in [0.29, 0.717) is 17.3 Å². The molecule has 3 rings (SSSR count). The van der Waals surface area contributed by atoms with Crippen LogP contribution < -0.4 is 17.2 Å². The zero-order chi connectivity index (χ0) is 14.8. The molecule has 0 aliphatic carbocycles. The van der Waals surface area contributed by atoms with Crippen LogP contribution in [-0.4, -0.2) is 4.98 Å². The minimum absolute atomic E-state index is 0.343. The Morgan fingerprint density at radius 2 is 0.952 bits per heavy atom. The summed E-state index contributed by atoms with van der Waals surface area (Å²) in [6, 6.07) is 19.4. The Morgan fingerprint density at radius 1 is 0.571 bits per heavy atom. The number of hydrogen-bond acceptors (Lipinski definition) is 4. The fourth-order valence-electron chi connectivity index (χ4n) is 2.46. The molecule has 0 fully saturated rings. The summed E-state index contributed by atoms with van der Waals surface area (Å²) in [7, 11) is 0. The van der Waals surface area contributed by atoms with Gasteiger partial charge >= 0.3 is 0 Å². The molecule has 0 saturated carbocycles. The third kappa shape index (κ3) is 2.27. The summed E-state index contributed by atoms with van der Waals surface area (Å²) < 4.78 is 0. The van der Waals surface area contributed by atoms with Crippen LogP contribution in [0.1, 0.15) is 0 Å². The number of nitrogen functional groups attached to an aromatic ring is 3. The second-order valence-corrected chi connectivity index (χ2v) is 4.78. The summed E-state index contributed by atoms with van der Waals surface area (Å²) in [5.74, 6) is 0.687. The molecule has 4 heteroatoms. The van der Waals surface area contributed by atoms with Crippen LogP contribution in [0.3, 0.4) is 0 Å². The first-order valence-corrected chi connectivity index (χ1v) is 6.63. The maximum atomic E-state index is 6.35. The number of nitrogens with zero attached hydrogens (tertiary/aromatic N) is 1. The van der Waals surface area contributed by atoms with Crippen molar-refractivity contribution < 1.29 is 0 Å². The molecule has 0 atom stereocenters. The molecular weight excluding hydrogens is 260 g/mol. The van der Waals surface area contributed by atoms with Crippen molar-refractivity contribution in [2.24, 2.45) is 0 Å². The average Bonchev–Trinajstić information content (AvgIpc) is 2.49. The topological polar surface area (TPSA) is 90.9 Å². The van der Waals surface area contributed by atoms with Crippen LogP contribution in [0.2, 0.25) is 0 Å². The highest BCUT2D eigenvalue weighted by Gasteiger charge is 2.17.